The maximum Gasteiger partial charge on any atom is 0.224 e. The number of nitrogens with zero attached hydrogens (tertiary/aromatic N) is 3. The van der Waals surface area contributed by atoms with Gasteiger partial charge in [0.2, 0.25) is 5.95 Å². The Labute approximate surface area is 131 Å². The van der Waals surface area contributed by atoms with E-state index in [0.717, 1.165) is 36.9 Å². The molecule has 0 atom stereocenters. The monoisotopic (exact) mass is 304 g/mol. The molecule has 1 heterocycles. The Bertz CT molecular complexity index is 570. The second-order valence-corrected chi connectivity index (χ2v) is 5.15. The molecular weight excluding hydrogens is 284 g/mol. The summed E-state index contributed by atoms with van der Waals surface area (Å²) in [5, 5.41) is 4.03. The van der Waals surface area contributed by atoms with Crippen LogP contribution in [-0.2, 0) is 6.42 Å². The smallest absolute Gasteiger partial charge is 0.224 e. The van der Waals surface area contributed by atoms with Crippen LogP contribution in [0.1, 0.15) is 19.4 Å². The number of hydrogen-bond acceptors (Lipinski definition) is 4. The number of benzene rings is 1. The van der Waals surface area contributed by atoms with Crippen molar-refractivity contribution in [1.29, 1.82) is 0 Å². The first kappa shape index (κ1) is 15.6. The highest BCUT2D eigenvalue weighted by molar-refractivity contribution is 6.30. The Morgan fingerprint density at radius 1 is 1.19 bits per heavy atom. The minimum Gasteiger partial charge on any atom is -0.357 e. The second kappa shape index (κ2) is 7.84. The van der Waals surface area contributed by atoms with Crippen molar-refractivity contribution in [3.05, 3.63) is 47.1 Å². The van der Waals surface area contributed by atoms with E-state index < -0.39 is 0 Å². The summed E-state index contributed by atoms with van der Waals surface area (Å²) in [6, 6.07) is 9.84. The first-order chi connectivity index (χ1) is 10.2. The lowest BCUT2D eigenvalue weighted by Crippen LogP contribution is -2.23. The third-order valence-electron chi connectivity index (χ3n) is 3.31. The summed E-state index contributed by atoms with van der Waals surface area (Å²) in [6.07, 6.45) is 2.68. The van der Waals surface area contributed by atoms with Gasteiger partial charge in [0.15, 0.2) is 0 Å². The van der Waals surface area contributed by atoms with Gasteiger partial charge in [0, 0.05) is 30.9 Å². The van der Waals surface area contributed by atoms with Crippen LogP contribution in [0, 0.1) is 0 Å². The molecular formula is C16H21ClN4. The lowest BCUT2D eigenvalue weighted by molar-refractivity contribution is 0.840. The molecule has 0 aliphatic carbocycles. The predicted octanol–water partition coefficient (Wildman–Crippen LogP) is 3.63. The molecule has 1 N–H and O–H groups in total. The molecule has 2 rings (SSSR count). The van der Waals surface area contributed by atoms with Crippen molar-refractivity contribution in [3.63, 3.8) is 0 Å². The summed E-state index contributed by atoms with van der Waals surface area (Å²) in [5.41, 5.74) is 1.20. The van der Waals surface area contributed by atoms with Crippen molar-refractivity contribution < 1.29 is 0 Å². The van der Waals surface area contributed by atoms with Gasteiger partial charge in [-0.2, -0.15) is 4.98 Å². The minimum absolute atomic E-state index is 0.668. The molecule has 0 amide bonds. The first-order valence-corrected chi connectivity index (χ1v) is 7.67. The average Bonchev–Trinajstić information content (AvgIpc) is 2.49. The van der Waals surface area contributed by atoms with Crippen LogP contribution in [0.25, 0.3) is 0 Å². The molecule has 0 bridgehead atoms. The molecule has 4 nitrogen and oxygen atoms in total. The molecule has 0 unspecified atom stereocenters. The van der Waals surface area contributed by atoms with Gasteiger partial charge in [-0.1, -0.05) is 23.7 Å². The standard InChI is InChI=1S/C16H21ClN4/c1-3-21(4-2)15-9-11-19-16(20-15)18-10-8-13-6-5-7-14(17)12-13/h5-7,9,11-12H,3-4,8,10H2,1-2H3,(H,18,19,20). The number of aromatic nitrogens is 2. The van der Waals surface area contributed by atoms with Crippen LogP contribution in [0.4, 0.5) is 11.8 Å². The third-order valence-corrected chi connectivity index (χ3v) is 3.55. The van der Waals surface area contributed by atoms with Gasteiger partial charge in [0.1, 0.15) is 5.82 Å². The Morgan fingerprint density at radius 2 is 2.00 bits per heavy atom. The fourth-order valence-corrected chi connectivity index (χ4v) is 2.38. The zero-order chi connectivity index (χ0) is 15.1. The number of hydrogen-bond donors (Lipinski definition) is 1. The lowest BCUT2D eigenvalue weighted by Gasteiger charge is -2.19. The van der Waals surface area contributed by atoms with E-state index in [2.05, 4.69) is 40.1 Å². The summed E-state index contributed by atoms with van der Waals surface area (Å²) in [6.45, 7) is 6.91. The number of halogens is 1. The van der Waals surface area contributed by atoms with Gasteiger partial charge in [-0.3, -0.25) is 0 Å². The van der Waals surface area contributed by atoms with Crippen molar-refractivity contribution in [3.8, 4) is 0 Å². The number of anilines is 2. The number of nitrogens with one attached hydrogen (secondary N) is 1. The van der Waals surface area contributed by atoms with E-state index in [9.17, 15) is 0 Å². The highest BCUT2D eigenvalue weighted by Gasteiger charge is 2.04. The summed E-state index contributed by atoms with van der Waals surface area (Å²) < 4.78 is 0. The Balaban J connectivity index is 1.93. The molecule has 1 aromatic heterocycles. The first-order valence-electron chi connectivity index (χ1n) is 7.29. The predicted molar refractivity (Wildman–Crippen MR) is 89.2 cm³/mol. The fraction of sp³-hybridized carbons (Fsp3) is 0.375. The Hall–Kier alpha value is -1.81. The summed E-state index contributed by atoms with van der Waals surface area (Å²) in [4.78, 5) is 11.0. The summed E-state index contributed by atoms with van der Waals surface area (Å²) in [7, 11) is 0. The molecule has 1 aromatic carbocycles. The van der Waals surface area contributed by atoms with Crippen LogP contribution >= 0.6 is 11.6 Å². The summed E-state index contributed by atoms with van der Waals surface area (Å²) in [5.74, 6) is 1.63. The van der Waals surface area contributed by atoms with Gasteiger partial charge in [-0.15, -0.1) is 0 Å². The van der Waals surface area contributed by atoms with Crippen molar-refractivity contribution in [2.45, 2.75) is 20.3 Å². The zero-order valence-corrected chi connectivity index (χ0v) is 13.3. The van der Waals surface area contributed by atoms with Crippen LogP contribution in [0.3, 0.4) is 0 Å². The van der Waals surface area contributed by atoms with Crippen LogP contribution in [0.15, 0.2) is 36.5 Å². The SMILES string of the molecule is CCN(CC)c1ccnc(NCCc2cccc(Cl)c2)n1. The van der Waals surface area contributed by atoms with Crippen molar-refractivity contribution in [2.24, 2.45) is 0 Å². The number of rotatable bonds is 7. The van der Waals surface area contributed by atoms with Gasteiger partial charge in [0.05, 0.1) is 0 Å². The van der Waals surface area contributed by atoms with Crippen LogP contribution < -0.4 is 10.2 Å². The third kappa shape index (κ3) is 4.60. The van der Waals surface area contributed by atoms with E-state index in [1.54, 1.807) is 6.20 Å². The van der Waals surface area contributed by atoms with E-state index in [4.69, 9.17) is 11.6 Å². The van der Waals surface area contributed by atoms with Crippen LogP contribution in [0.2, 0.25) is 5.02 Å². The Morgan fingerprint density at radius 3 is 2.71 bits per heavy atom. The largest absolute Gasteiger partial charge is 0.357 e. The Kier molecular flexibility index (Phi) is 5.81. The molecule has 0 spiro atoms. The second-order valence-electron chi connectivity index (χ2n) is 4.72. The van der Waals surface area contributed by atoms with Crippen LogP contribution in [0.5, 0.6) is 0 Å². The van der Waals surface area contributed by atoms with Gasteiger partial charge in [0.25, 0.3) is 0 Å². The highest BCUT2D eigenvalue weighted by Crippen LogP contribution is 2.13. The molecule has 0 aliphatic heterocycles. The minimum atomic E-state index is 0.668. The van der Waals surface area contributed by atoms with Gasteiger partial charge >= 0.3 is 0 Å². The molecule has 0 aliphatic rings. The van der Waals surface area contributed by atoms with Gasteiger partial charge < -0.3 is 10.2 Å². The molecule has 21 heavy (non-hydrogen) atoms. The highest BCUT2D eigenvalue weighted by atomic mass is 35.5. The van der Waals surface area contributed by atoms with Crippen molar-refractivity contribution >= 4 is 23.4 Å². The normalized spacial score (nSPS) is 10.4. The molecule has 0 radical (unpaired) electrons. The van der Waals surface area contributed by atoms with E-state index >= 15 is 0 Å². The van der Waals surface area contributed by atoms with Crippen molar-refractivity contribution in [2.75, 3.05) is 29.9 Å². The van der Waals surface area contributed by atoms with E-state index in [1.165, 1.54) is 5.56 Å². The maximum absolute atomic E-state index is 5.98. The van der Waals surface area contributed by atoms with E-state index in [1.807, 2.05) is 24.3 Å². The van der Waals surface area contributed by atoms with Gasteiger partial charge in [-0.25, -0.2) is 4.98 Å². The quantitative estimate of drug-likeness (QED) is 0.848. The maximum atomic E-state index is 5.98. The molecule has 2 aromatic rings. The van der Waals surface area contributed by atoms with E-state index in [-0.39, 0.29) is 0 Å². The molecule has 5 heteroatoms. The summed E-state index contributed by atoms with van der Waals surface area (Å²) >= 11 is 5.98. The van der Waals surface area contributed by atoms with Gasteiger partial charge in [-0.05, 0) is 44.0 Å². The van der Waals surface area contributed by atoms with E-state index in [0.29, 0.717) is 5.95 Å². The molecule has 0 saturated carbocycles. The topological polar surface area (TPSA) is 41.1 Å². The molecule has 0 fully saturated rings. The molecule has 0 saturated heterocycles. The lowest BCUT2D eigenvalue weighted by atomic mass is 10.1. The van der Waals surface area contributed by atoms with Crippen molar-refractivity contribution in [1.82, 2.24) is 9.97 Å². The van der Waals surface area contributed by atoms with Crippen LogP contribution in [-0.4, -0.2) is 29.6 Å². The molecule has 112 valence electrons. The average molecular weight is 305 g/mol. The fourth-order valence-electron chi connectivity index (χ4n) is 2.17. The zero-order valence-electron chi connectivity index (χ0n) is 12.5.